The molecule has 108 valence electrons. The molecule has 7 nitrogen and oxygen atoms in total. The van der Waals surface area contributed by atoms with Crippen molar-refractivity contribution in [3.05, 3.63) is 34.4 Å². The van der Waals surface area contributed by atoms with Gasteiger partial charge in [-0.2, -0.15) is 0 Å². The van der Waals surface area contributed by atoms with E-state index in [0.717, 1.165) is 6.26 Å². The number of rotatable bonds is 3. The fourth-order valence-electron chi connectivity index (χ4n) is 2.04. The average Bonchev–Trinajstić information content (AvgIpc) is 2.47. The predicted octanol–water partition coefficient (Wildman–Crippen LogP) is -0.383. The van der Waals surface area contributed by atoms with E-state index in [4.69, 9.17) is 4.74 Å². The van der Waals surface area contributed by atoms with Crippen molar-refractivity contribution in [3.63, 3.8) is 0 Å². The molecule has 1 aromatic rings. The third-order valence-electron chi connectivity index (χ3n) is 3.01. The van der Waals surface area contributed by atoms with Crippen LogP contribution in [0.1, 0.15) is 17.3 Å². The van der Waals surface area contributed by atoms with Gasteiger partial charge in [0.25, 0.3) is 5.91 Å². The van der Waals surface area contributed by atoms with Gasteiger partial charge in [-0.15, -0.1) is 0 Å². The lowest BCUT2D eigenvalue weighted by atomic mass is 10.1. The van der Waals surface area contributed by atoms with Gasteiger partial charge in [0.2, 0.25) is 0 Å². The van der Waals surface area contributed by atoms with Gasteiger partial charge < -0.3 is 19.4 Å². The highest BCUT2D eigenvalue weighted by Gasteiger charge is 2.33. The molecule has 1 atom stereocenters. The molecule has 1 aliphatic heterocycles. The maximum absolute atomic E-state index is 12.4. The van der Waals surface area contributed by atoms with Gasteiger partial charge in [0.1, 0.15) is 12.3 Å². The second-order valence-electron chi connectivity index (χ2n) is 4.31. The number of hydrogen-bond acceptors (Lipinski definition) is 6. The van der Waals surface area contributed by atoms with E-state index in [9.17, 15) is 14.4 Å². The highest BCUT2D eigenvalue weighted by Crippen LogP contribution is 2.11. The largest absolute Gasteiger partial charge is 0.464 e. The maximum Gasteiger partial charge on any atom is 0.335 e. The second-order valence-corrected chi connectivity index (χ2v) is 4.31. The molecule has 1 unspecified atom stereocenters. The van der Waals surface area contributed by atoms with Crippen LogP contribution >= 0.6 is 0 Å². The van der Waals surface area contributed by atoms with Gasteiger partial charge in [0, 0.05) is 25.7 Å². The summed E-state index contributed by atoms with van der Waals surface area (Å²) in [6.07, 6.45) is 1.11. The molecular formula is C13H16N2O5. The number of esters is 1. The predicted molar refractivity (Wildman–Crippen MR) is 69.3 cm³/mol. The van der Waals surface area contributed by atoms with Crippen molar-refractivity contribution in [2.45, 2.75) is 13.0 Å². The minimum atomic E-state index is -0.664. The van der Waals surface area contributed by atoms with E-state index in [1.165, 1.54) is 17.0 Å². The summed E-state index contributed by atoms with van der Waals surface area (Å²) in [7, 11) is 0. The van der Waals surface area contributed by atoms with E-state index in [0.29, 0.717) is 19.6 Å². The van der Waals surface area contributed by atoms with Crippen LogP contribution in [0.4, 0.5) is 0 Å². The first kappa shape index (κ1) is 14.3. The summed E-state index contributed by atoms with van der Waals surface area (Å²) in [5, 5.41) is 3.05. The molecule has 2 rings (SSSR count). The topological polar surface area (TPSA) is 88.9 Å². The monoisotopic (exact) mass is 280 g/mol. The Morgan fingerprint density at radius 3 is 2.95 bits per heavy atom. The zero-order valence-electron chi connectivity index (χ0n) is 11.1. The lowest BCUT2D eigenvalue weighted by Crippen LogP contribution is -2.57. The Hall–Kier alpha value is -2.15. The lowest BCUT2D eigenvalue weighted by Gasteiger charge is -2.34. The van der Waals surface area contributed by atoms with E-state index >= 15 is 0 Å². The van der Waals surface area contributed by atoms with Crippen molar-refractivity contribution in [1.29, 1.82) is 0 Å². The molecule has 1 saturated heterocycles. The summed E-state index contributed by atoms with van der Waals surface area (Å²) >= 11 is 0. The van der Waals surface area contributed by atoms with Crippen molar-refractivity contribution >= 4 is 11.9 Å². The SMILES string of the molecule is CCOC(=O)C1CNCCN1C(=O)c1ccc(=O)oc1. The summed E-state index contributed by atoms with van der Waals surface area (Å²) in [6, 6.07) is 1.90. The molecule has 20 heavy (non-hydrogen) atoms. The van der Waals surface area contributed by atoms with Crippen LogP contribution in [0.15, 0.2) is 27.6 Å². The van der Waals surface area contributed by atoms with Gasteiger partial charge >= 0.3 is 11.6 Å². The highest BCUT2D eigenvalue weighted by molar-refractivity contribution is 5.96. The standard InChI is InChI=1S/C13H16N2O5/c1-2-19-13(18)10-7-14-5-6-15(10)12(17)9-3-4-11(16)20-8-9/h3-4,8,10,14H,2,5-7H2,1H3. The minimum absolute atomic E-state index is 0.237. The number of nitrogens with one attached hydrogen (secondary N) is 1. The van der Waals surface area contributed by atoms with Crippen molar-refractivity contribution in [1.82, 2.24) is 10.2 Å². The van der Waals surface area contributed by atoms with Crippen LogP contribution in [-0.4, -0.2) is 49.1 Å². The summed E-state index contributed by atoms with van der Waals surface area (Å²) in [4.78, 5) is 36.6. The summed E-state index contributed by atoms with van der Waals surface area (Å²) < 4.78 is 9.65. The summed E-state index contributed by atoms with van der Waals surface area (Å²) in [6.45, 7) is 3.31. The number of carbonyl (C=O) groups excluding carboxylic acids is 2. The highest BCUT2D eigenvalue weighted by atomic mass is 16.5. The number of hydrogen-bond donors (Lipinski definition) is 1. The Bertz CT molecular complexity index is 533. The number of amides is 1. The Kier molecular flexibility index (Phi) is 4.52. The van der Waals surface area contributed by atoms with Gasteiger partial charge in [-0.1, -0.05) is 0 Å². The Morgan fingerprint density at radius 2 is 2.30 bits per heavy atom. The van der Waals surface area contributed by atoms with Crippen LogP contribution in [0, 0.1) is 0 Å². The molecule has 1 amide bonds. The Morgan fingerprint density at radius 1 is 1.50 bits per heavy atom. The first-order valence-electron chi connectivity index (χ1n) is 6.40. The van der Waals surface area contributed by atoms with Gasteiger partial charge in [-0.05, 0) is 13.0 Å². The fourth-order valence-corrected chi connectivity index (χ4v) is 2.04. The van der Waals surface area contributed by atoms with Crippen molar-refractivity contribution in [2.24, 2.45) is 0 Å². The molecule has 2 heterocycles. The van der Waals surface area contributed by atoms with E-state index in [1.807, 2.05) is 0 Å². The van der Waals surface area contributed by atoms with Gasteiger partial charge in [-0.3, -0.25) is 4.79 Å². The zero-order chi connectivity index (χ0) is 14.5. The number of nitrogens with zero attached hydrogens (tertiary/aromatic N) is 1. The van der Waals surface area contributed by atoms with Crippen LogP contribution < -0.4 is 10.9 Å². The number of ether oxygens (including phenoxy) is 1. The van der Waals surface area contributed by atoms with Gasteiger partial charge in [0.05, 0.1) is 12.2 Å². The first-order valence-corrected chi connectivity index (χ1v) is 6.40. The van der Waals surface area contributed by atoms with Crippen molar-refractivity contribution in [3.8, 4) is 0 Å². The van der Waals surface area contributed by atoms with Crippen LogP contribution in [0.25, 0.3) is 0 Å². The third-order valence-corrected chi connectivity index (χ3v) is 3.01. The van der Waals surface area contributed by atoms with Gasteiger partial charge in [0.15, 0.2) is 0 Å². The maximum atomic E-state index is 12.4. The number of piperazine rings is 1. The molecule has 0 aliphatic carbocycles. The molecule has 0 bridgehead atoms. The van der Waals surface area contributed by atoms with E-state index < -0.39 is 17.6 Å². The van der Waals surface area contributed by atoms with Crippen molar-refractivity contribution < 1.29 is 18.7 Å². The normalized spacial score (nSPS) is 18.6. The number of carbonyl (C=O) groups is 2. The minimum Gasteiger partial charge on any atom is -0.464 e. The molecule has 0 radical (unpaired) electrons. The molecule has 1 aromatic heterocycles. The molecule has 1 N–H and O–H groups in total. The van der Waals surface area contributed by atoms with Crippen LogP contribution in [0.3, 0.4) is 0 Å². The zero-order valence-corrected chi connectivity index (χ0v) is 11.1. The Balaban J connectivity index is 2.18. The first-order chi connectivity index (χ1) is 9.63. The molecule has 7 heteroatoms. The lowest BCUT2D eigenvalue weighted by molar-refractivity contribution is -0.149. The quantitative estimate of drug-likeness (QED) is 0.759. The van der Waals surface area contributed by atoms with Crippen molar-refractivity contribution in [2.75, 3.05) is 26.2 Å². The van der Waals surface area contributed by atoms with Crippen LogP contribution in [0.5, 0.6) is 0 Å². The Labute approximate surface area is 115 Å². The average molecular weight is 280 g/mol. The summed E-state index contributed by atoms with van der Waals surface area (Å²) in [5.74, 6) is -0.793. The van der Waals surface area contributed by atoms with E-state index in [-0.39, 0.29) is 18.1 Å². The van der Waals surface area contributed by atoms with Crippen LogP contribution in [0.2, 0.25) is 0 Å². The third kappa shape index (κ3) is 3.05. The van der Waals surface area contributed by atoms with E-state index in [1.54, 1.807) is 6.92 Å². The van der Waals surface area contributed by atoms with Crippen LogP contribution in [-0.2, 0) is 9.53 Å². The molecule has 0 spiro atoms. The molecule has 1 aliphatic rings. The molecule has 0 saturated carbocycles. The second kappa shape index (κ2) is 6.33. The smallest absolute Gasteiger partial charge is 0.335 e. The van der Waals surface area contributed by atoms with E-state index in [2.05, 4.69) is 9.73 Å². The molecule has 0 aromatic carbocycles. The fraction of sp³-hybridized carbons (Fsp3) is 0.462. The molecule has 1 fully saturated rings. The summed E-state index contributed by atoms with van der Waals surface area (Å²) in [5.41, 5.74) is -0.287. The molecular weight excluding hydrogens is 264 g/mol. The van der Waals surface area contributed by atoms with Gasteiger partial charge in [-0.25, -0.2) is 9.59 Å².